The second-order valence-electron chi connectivity index (χ2n) is 7.24. The maximum absolute atomic E-state index is 12.7. The fourth-order valence-corrected chi connectivity index (χ4v) is 2.96. The predicted molar refractivity (Wildman–Crippen MR) is 122 cm³/mol. The van der Waals surface area contributed by atoms with Crippen LogP contribution in [0.1, 0.15) is 43.1 Å². The van der Waals surface area contributed by atoms with Crippen LogP contribution in [0.25, 0.3) is 0 Å². The Kier molecular flexibility index (Phi) is 9.34. The summed E-state index contributed by atoms with van der Waals surface area (Å²) < 4.78 is 10.8. The summed E-state index contributed by atoms with van der Waals surface area (Å²) in [5, 5.41) is 7.33. The highest BCUT2D eigenvalue weighted by Gasteiger charge is 2.22. The molecule has 0 saturated carbocycles. The van der Waals surface area contributed by atoms with Crippen LogP contribution in [0.2, 0.25) is 5.02 Å². The van der Waals surface area contributed by atoms with E-state index in [0.29, 0.717) is 35.1 Å². The van der Waals surface area contributed by atoms with Crippen LogP contribution in [0.4, 0.5) is 0 Å². The van der Waals surface area contributed by atoms with Crippen molar-refractivity contribution < 1.29 is 19.1 Å². The molecule has 31 heavy (non-hydrogen) atoms. The Labute approximate surface area is 187 Å². The summed E-state index contributed by atoms with van der Waals surface area (Å²) in [6.07, 6.45) is 1.98. The highest BCUT2D eigenvalue weighted by atomic mass is 35.5. The predicted octanol–water partition coefficient (Wildman–Crippen LogP) is 4.04. The van der Waals surface area contributed by atoms with Gasteiger partial charge in [0.15, 0.2) is 11.5 Å². The number of carbonyl (C=O) groups is 2. The lowest BCUT2D eigenvalue weighted by atomic mass is 10.0. The number of amides is 2. The number of halogens is 1. The first-order valence-corrected chi connectivity index (χ1v) is 10.4. The third kappa shape index (κ3) is 7.61. The van der Waals surface area contributed by atoms with Gasteiger partial charge >= 0.3 is 0 Å². The monoisotopic (exact) mass is 445 g/mol. The summed E-state index contributed by atoms with van der Waals surface area (Å²) in [7, 11) is 1.57. The fraction of sp³-hybridized carbons (Fsp3) is 0.348. The number of benzene rings is 2. The van der Waals surface area contributed by atoms with E-state index in [-0.39, 0.29) is 11.8 Å². The van der Waals surface area contributed by atoms with E-state index in [0.717, 1.165) is 5.56 Å². The van der Waals surface area contributed by atoms with Gasteiger partial charge in [-0.15, -0.1) is 0 Å². The molecule has 2 N–H and O–H groups in total. The molecule has 1 atom stereocenters. The van der Waals surface area contributed by atoms with Gasteiger partial charge < -0.3 is 14.8 Å². The number of hydrogen-bond acceptors (Lipinski definition) is 5. The van der Waals surface area contributed by atoms with Gasteiger partial charge in [0.25, 0.3) is 11.8 Å². The maximum Gasteiger partial charge on any atom is 0.262 e. The van der Waals surface area contributed by atoms with Gasteiger partial charge in [0.05, 0.1) is 19.9 Å². The molecule has 2 rings (SSSR count). The average Bonchev–Trinajstić information content (AvgIpc) is 2.73. The van der Waals surface area contributed by atoms with E-state index >= 15 is 0 Å². The SMILES string of the molecule is CCOc1cc(/C=N/NC(=O)C(CC(C)C)NC(=O)c2ccc(Cl)cc2)ccc1OC. The number of ether oxygens (including phenoxy) is 2. The number of hydrazone groups is 1. The van der Waals surface area contributed by atoms with Crippen molar-refractivity contribution in [2.75, 3.05) is 13.7 Å². The van der Waals surface area contributed by atoms with Crippen LogP contribution in [0.5, 0.6) is 11.5 Å². The van der Waals surface area contributed by atoms with Crippen molar-refractivity contribution in [3.8, 4) is 11.5 Å². The summed E-state index contributed by atoms with van der Waals surface area (Å²) in [6, 6.07) is 11.1. The topological polar surface area (TPSA) is 89.0 Å². The van der Waals surface area contributed by atoms with Gasteiger partial charge in [-0.25, -0.2) is 5.43 Å². The minimum absolute atomic E-state index is 0.195. The number of hydrogen-bond donors (Lipinski definition) is 2. The first-order valence-electron chi connectivity index (χ1n) is 10.0. The molecule has 2 aromatic carbocycles. The molecule has 0 aliphatic carbocycles. The zero-order chi connectivity index (χ0) is 22.8. The Bertz CT molecular complexity index is 914. The standard InChI is InChI=1S/C23H28ClN3O4/c1-5-31-21-13-16(6-11-20(21)30-4)14-25-27-23(29)19(12-15(2)3)26-22(28)17-7-9-18(24)10-8-17/h6-11,13-15,19H,5,12H2,1-4H3,(H,26,28)(H,27,29)/b25-14+. The molecule has 0 aliphatic heterocycles. The van der Waals surface area contributed by atoms with Gasteiger partial charge in [0.2, 0.25) is 0 Å². The Morgan fingerprint density at radius 1 is 1.13 bits per heavy atom. The van der Waals surface area contributed by atoms with Crippen molar-refractivity contribution in [2.45, 2.75) is 33.2 Å². The highest BCUT2D eigenvalue weighted by Crippen LogP contribution is 2.27. The Balaban J connectivity index is 2.05. The van der Waals surface area contributed by atoms with Crippen LogP contribution in [0.3, 0.4) is 0 Å². The number of nitrogens with zero attached hydrogens (tertiary/aromatic N) is 1. The lowest BCUT2D eigenvalue weighted by Gasteiger charge is -2.19. The van der Waals surface area contributed by atoms with E-state index in [1.54, 1.807) is 49.6 Å². The molecule has 0 saturated heterocycles. The third-order valence-electron chi connectivity index (χ3n) is 4.31. The van der Waals surface area contributed by atoms with Crippen LogP contribution in [0.15, 0.2) is 47.6 Å². The van der Waals surface area contributed by atoms with Gasteiger partial charge in [0, 0.05) is 10.6 Å². The molecule has 8 heteroatoms. The molecule has 0 aromatic heterocycles. The van der Waals surface area contributed by atoms with Crippen molar-refractivity contribution in [3.63, 3.8) is 0 Å². The number of rotatable bonds is 10. The van der Waals surface area contributed by atoms with E-state index in [4.69, 9.17) is 21.1 Å². The zero-order valence-corrected chi connectivity index (χ0v) is 18.9. The summed E-state index contributed by atoms with van der Waals surface area (Å²) >= 11 is 5.87. The molecule has 7 nitrogen and oxygen atoms in total. The smallest absolute Gasteiger partial charge is 0.262 e. The summed E-state index contributed by atoms with van der Waals surface area (Å²) in [5.41, 5.74) is 3.66. The van der Waals surface area contributed by atoms with Crippen molar-refractivity contribution in [2.24, 2.45) is 11.0 Å². The van der Waals surface area contributed by atoms with Gasteiger partial charge in [-0.3, -0.25) is 9.59 Å². The average molecular weight is 446 g/mol. The second-order valence-corrected chi connectivity index (χ2v) is 7.68. The van der Waals surface area contributed by atoms with E-state index in [1.807, 2.05) is 20.8 Å². The Hall–Kier alpha value is -3.06. The Morgan fingerprint density at radius 3 is 2.45 bits per heavy atom. The molecular formula is C23H28ClN3O4. The van der Waals surface area contributed by atoms with Crippen molar-refractivity contribution in [1.29, 1.82) is 0 Å². The molecule has 0 heterocycles. The van der Waals surface area contributed by atoms with Crippen molar-refractivity contribution in [3.05, 3.63) is 58.6 Å². The minimum Gasteiger partial charge on any atom is -0.493 e. The van der Waals surface area contributed by atoms with E-state index in [1.165, 1.54) is 6.21 Å². The van der Waals surface area contributed by atoms with E-state index in [2.05, 4.69) is 15.8 Å². The van der Waals surface area contributed by atoms with Crippen LogP contribution >= 0.6 is 11.6 Å². The molecule has 0 spiro atoms. The van der Waals surface area contributed by atoms with Gasteiger partial charge in [-0.05, 0) is 67.3 Å². The van der Waals surface area contributed by atoms with Crippen LogP contribution in [0, 0.1) is 5.92 Å². The molecule has 0 radical (unpaired) electrons. The molecule has 166 valence electrons. The van der Waals surface area contributed by atoms with Crippen LogP contribution < -0.4 is 20.2 Å². The van der Waals surface area contributed by atoms with Gasteiger partial charge in [0.1, 0.15) is 6.04 Å². The minimum atomic E-state index is -0.727. The summed E-state index contributed by atoms with van der Waals surface area (Å²) in [5.74, 6) is 0.655. The number of nitrogens with one attached hydrogen (secondary N) is 2. The normalized spacial score (nSPS) is 11.9. The maximum atomic E-state index is 12.7. The quantitative estimate of drug-likeness (QED) is 0.426. The molecule has 0 aliphatic rings. The Morgan fingerprint density at radius 2 is 1.84 bits per heavy atom. The van der Waals surface area contributed by atoms with E-state index in [9.17, 15) is 9.59 Å². The number of carbonyl (C=O) groups excluding carboxylic acids is 2. The lowest BCUT2D eigenvalue weighted by Crippen LogP contribution is -2.46. The highest BCUT2D eigenvalue weighted by molar-refractivity contribution is 6.30. The first-order chi connectivity index (χ1) is 14.8. The summed E-state index contributed by atoms with van der Waals surface area (Å²) in [6.45, 7) is 6.33. The lowest BCUT2D eigenvalue weighted by molar-refractivity contribution is -0.123. The zero-order valence-electron chi connectivity index (χ0n) is 18.1. The molecular weight excluding hydrogens is 418 g/mol. The molecule has 0 fully saturated rings. The largest absolute Gasteiger partial charge is 0.493 e. The molecule has 1 unspecified atom stereocenters. The van der Waals surface area contributed by atoms with Crippen molar-refractivity contribution in [1.82, 2.24) is 10.7 Å². The van der Waals surface area contributed by atoms with Gasteiger partial charge in [-0.1, -0.05) is 25.4 Å². The second kappa shape index (κ2) is 12.0. The third-order valence-corrected chi connectivity index (χ3v) is 4.56. The van der Waals surface area contributed by atoms with Crippen LogP contribution in [-0.4, -0.2) is 37.8 Å². The molecule has 2 aromatic rings. The molecule has 2 amide bonds. The van der Waals surface area contributed by atoms with Crippen LogP contribution in [-0.2, 0) is 4.79 Å². The fourth-order valence-electron chi connectivity index (χ4n) is 2.84. The first kappa shape index (κ1) is 24.2. The van der Waals surface area contributed by atoms with E-state index < -0.39 is 11.9 Å². The van der Waals surface area contributed by atoms with Gasteiger partial charge in [-0.2, -0.15) is 5.10 Å². The molecule has 0 bridgehead atoms. The number of methoxy groups -OCH3 is 1. The van der Waals surface area contributed by atoms with Crippen molar-refractivity contribution >= 4 is 29.6 Å². The summed E-state index contributed by atoms with van der Waals surface area (Å²) in [4.78, 5) is 25.2.